The van der Waals surface area contributed by atoms with E-state index in [1.54, 1.807) is 38.4 Å². The first-order chi connectivity index (χ1) is 15.8. The van der Waals surface area contributed by atoms with Crippen LogP contribution < -0.4 is 5.32 Å². The zero-order valence-corrected chi connectivity index (χ0v) is 18.2. The Hall–Kier alpha value is -4.41. The Morgan fingerprint density at radius 3 is 2.79 bits per heavy atom. The summed E-state index contributed by atoms with van der Waals surface area (Å²) in [7, 11) is 4.50. The Labute approximate surface area is 189 Å². The third kappa shape index (κ3) is 3.73. The quantitative estimate of drug-likeness (QED) is 0.453. The minimum atomic E-state index is -1.71. The van der Waals surface area contributed by atoms with Crippen molar-refractivity contribution in [2.24, 2.45) is 0 Å². The van der Waals surface area contributed by atoms with Crippen LogP contribution in [0.5, 0.6) is 0 Å². The fourth-order valence-electron chi connectivity index (χ4n) is 3.67. The number of methoxy groups -OCH3 is 1. The van der Waals surface area contributed by atoms with Gasteiger partial charge in [-0.1, -0.05) is 17.9 Å². The van der Waals surface area contributed by atoms with Crippen molar-refractivity contribution in [2.45, 2.75) is 12.0 Å². The van der Waals surface area contributed by atoms with Crippen molar-refractivity contribution < 1.29 is 19.4 Å². The number of rotatable bonds is 3. The second-order valence-electron chi connectivity index (χ2n) is 7.50. The molecule has 2 aromatic heterocycles. The summed E-state index contributed by atoms with van der Waals surface area (Å²) < 4.78 is 6.38. The SMILES string of the molecule is CNc1nc(C#N)cc2c1c(C(=O)OC)nn2-c1cccc(C#CC2(O)CCN(C)C2=O)c1. The number of hydrogen-bond donors (Lipinski definition) is 2. The number of likely N-dealkylation sites (N-methyl/N-ethyl adjacent to an activating group) is 1. The Morgan fingerprint density at radius 2 is 2.15 bits per heavy atom. The van der Waals surface area contributed by atoms with E-state index < -0.39 is 17.5 Å². The van der Waals surface area contributed by atoms with Crippen molar-refractivity contribution in [1.82, 2.24) is 19.7 Å². The van der Waals surface area contributed by atoms with Crippen LogP contribution in [0.25, 0.3) is 16.6 Å². The van der Waals surface area contributed by atoms with Crippen LogP contribution in [0.2, 0.25) is 0 Å². The van der Waals surface area contributed by atoms with E-state index in [9.17, 15) is 20.0 Å². The summed E-state index contributed by atoms with van der Waals surface area (Å²) in [6, 6.07) is 10.5. The van der Waals surface area contributed by atoms with Gasteiger partial charge in [0.1, 0.15) is 17.6 Å². The minimum absolute atomic E-state index is 0.0410. The van der Waals surface area contributed by atoms with E-state index in [0.29, 0.717) is 34.5 Å². The van der Waals surface area contributed by atoms with Crippen LogP contribution in [0.15, 0.2) is 30.3 Å². The van der Waals surface area contributed by atoms with Gasteiger partial charge >= 0.3 is 5.97 Å². The second-order valence-corrected chi connectivity index (χ2v) is 7.50. The lowest BCUT2D eigenvalue weighted by atomic mass is 10.0. The minimum Gasteiger partial charge on any atom is -0.464 e. The van der Waals surface area contributed by atoms with Crippen LogP contribution in [-0.4, -0.2) is 70.0 Å². The van der Waals surface area contributed by atoms with Gasteiger partial charge in [0, 0.05) is 38.7 Å². The monoisotopic (exact) mass is 444 g/mol. The molecule has 1 aliphatic heterocycles. The third-order valence-corrected chi connectivity index (χ3v) is 5.41. The molecule has 10 nitrogen and oxygen atoms in total. The lowest BCUT2D eigenvalue weighted by Gasteiger charge is -2.13. The number of pyridine rings is 1. The molecule has 0 saturated carbocycles. The number of nitriles is 1. The largest absolute Gasteiger partial charge is 0.464 e. The van der Waals surface area contributed by atoms with Gasteiger partial charge in [0.05, 0.1) is 23.7 Å². The number of carbonyl (C=O) groups is 2. The Bertz CT molecular complexity index is 1390. The average Bonchev–Trinajstić information content (AvgIpc) is 3.35. The van der Waals surface area contributed by atoms with Gasteiger partial charge in [-0.05, 0) is 18.2 Å². The fourth-order valence-corrected chi connectivity index (χ4v) is 3.67. The average molecular weight is 444 g/mol. The molecule has 0 bridgehead atoms. The summed E-state index contributed by atoms with van der Waals surface area (Å²) in [6.45, 7) is 0.433. The zero-order valence-electron chi connectivity index (χ0n) is 18.2. The highest BCUT2D eigenvalue weighted by molar-refractivity contribution is 6.07. The second kappa shape index (κ2) is 8.26. The van der Waals surface area contributed by atoms with Crippen molar-refractivity contribution >= 4 is 28.6 Å². The normalized spacial score (nSPS) is 17.4. The lowest BCUT2D eigenvalue weighted by Crippen LogP contribution is -2.37. The van der Waals surface area contributed by atoms with E-state index in [2.05, 4.69) is 27.2 Å². The van der Waals surface area contributed by atoms with Crippen molar-refractivity contribution in [3.63, 3.8) is 0 Å². The highest BCUT2D eigenvalue weighted by Crippen LogP contribution is 2.29. The predicted molar refractivity (Wildman–Crippen MR) is 119 cm³/mol. The number of ether oxygens (including phenoxy) is 1. The summed E-state index contributed by atoms with van der Waals surface area (Å²) in [5.74, 6) is 4.79. The first kappa shape index (κ1) is 21.8. The number of nitrogens with zero attached hydrogens (tertiary/aromatic N) is 5. The standard InChI is InChI=1S/C23H20N6O4/c1-25-20-18-17(12-15(13-24)26-20)29(27-19(18)21(30)33-3)16-6-4-5-14(11-16)7-8-23(32)9-10-28(2)22(23)31/h4-6,11-12,32H,9-10H2,1-3H3,(H,25,26). The summed E-state index contributed by atoms with van der Waals surface area (Å²) in [5.41, 5.74) is 0.0419. The van der Waals surface area contributed by atoms with Crippen LogP contribution in [0.3, 0.4) is 0 Å². The molecule has 4 rings (SSSR count). The summed E-state index contributed by atoms with van der Waals surface area (Å²) in [4.78, 5) is 30.2. The van der Waals surface area contributed by atoms with E-state index in [-0.39, 0.29) is 17.8 Å². The molecule has 0 aliphatic carbocycles. The molecule has 0 radical (unpaired) electrons. The third-order valence-electron chi connectivity index (χ3n) is 5.41. The van der Waals surface area contributed by atoms with Gasteiger partial charge < -0.3 is 20.1 Å². The number of benzene rings is 1. The van der Waals surface area contributed by atoms with E-state index in [1.807, 2.05) is 6.07 Å². The van der Waals surface area contributed by atoms with E-state index in [1.165, 1.54) is 22.8 Å². The Morgan fingerprint density at radius 1 is 1.36 bits per heavy atom. The van der Waals surface area contributed by atoms with E-state index in [4.69, 9.17) is 4.74 Å². The number of carbonyl (C=O) groups excluding carboxylic acids is 2. The maximum Gasteiger partial charge on any atom is 0.359 e. The Kier molecular flexibility index (Phi) is 5.46. The molecule has 1 atom stereocenters. The number of likely N-dealkylation sites (tertiary alicyclic amines) is 1. The van der Waals surface area contributed by atoms with Crippen molar-refractivity contribution in [3.8, 4) is 23.6 Å². The molecule has 1 unspecified atom stereocenters. The van der Waals surface area contributed by atoms with Crippen molar-refractivity contribution in [1.29, 1.82) is 5.26 Å². The molecule has 1 saturated heterocycles. The molecular weight excluding hydrogens is 424 g/mol. The first-order valence-corrected chi connectivity index (χ1v) is 10.0. The molecule has 166 valence electrons. The molecule has 1 fully saturated rings. The van der Waals surface area contributed by atoms with Crippen LogP contribution in [0.1, 0.15) is 28.2 Å². The van der Waals surface area contributed by atoms with Gasteiger partial charge in [-0.25, -0.2) is 14.5 Å². The van der Waals surface area contributed by atoms with Gasteiger partial charge in [0.25, 0.3) is 5.91 Å². The summed E-state index contributed by atoms with van der Waals surface area (Å²) in [5, 5.41) is 27.7. The molecule has 3 aromatic rings. The molecule has 0 spiro atoms. The molecule has 3 heterocycles. The lowest BCUT2D eigenvalue weighted by molar-refractivity contribution is -0.137. The highest BCUT2D eigenvalue weighted by atomic mass is 16.5. The fraction of sp³-hybridized carbons (Fsp3) is 0.261. The number of hydrogen-bond acceptors (Lipinski definition) is 8. The van der Waals surface area contributed by atoms with Crippen LogP contribution in [0.4, 0.5) is 5.82 Å². The highest BCUT2D eigenvalue weighted by Gasteiger charge is 2.42. The maximum atomic E-state index is 12.4. The zero-order chi connectivity index (χ0) is 23.8. The topological polar surface area (TPSA) is 133 Å². The molecule has 1 aliphatic rings. The summed E-state index contributed by atoms with van der Waals surface area (Å²) >= 11 is 0. The maximum absolute atomic E-state index is 12.4. The van der Waals surface area contributed by atoms with Crippen LogP contribution >= 0.6 is 0 Å². The van der Waals surface area contributed by atoms with Gasteiger partial charge in [0.2, 0.25) is 5.60 Å². The Balaban J connectivity index is 1.86. The smallest absolute Gasteiger partial charge is 0.359 e. The number of aromatic nitrogens is 3. The van der Waals surface area contributed by atoms with Crippen molar-refractivity contribution in [3.05, 3.63) is 47.3 Å². The van der Waals surface area contributed by atoms with Crippen molar-refractivity contribution in [2.75, 3.05) is 33.1 Å². The van der Waals surface area contributed by atoms with E-state index in [0.717, 1.165) is 0 Å². The number of nitrogens with one attached hydrogen (secondary N) is 1. The predicted octanol–water partition coefficient (Wildman–Crippen LogP) is 1.07. The number of amides is 1. The van der Waals surface area contributed by atoms with Crippen LogP contribution in [0, 0.1) is 23.2 Å². The number of esters is 1. The molecule has 1 amide bonds. The van der Waals surface area contributed by atoms with E-state index >= 15 is 0 Å². The molecule has 33 heavy (non-hydrogen) atoms. The number of aliphatic hydroxyl groups is 1. The molecule has 10 heteroatoms. The molecular formula is C23H20N6O4. The van der Waals surface area contributed by atoms with Crippen LogP contribution in [-0.2, 0) is 9.53 Å². The molecule has 2 N–H and O–H groups in total. The molecule has 1 aromatic carbocycles. The van der Waals surface area contributed by atoms with Gasteiger partial charge in [-0.15, -0.1) is 0 Å². The van der Waals surface area contributed by atoms with Gasteiger partial charge in [-0.2, -0.15) is 10.4 Å². The van der Waals surface area contributed by atoms with Gasteiger partial charge in [-0.3, -0.25) is 4.79 Å². The van der Waals surface area contributed by atoms with Gasteiger partial charge in [0.15, 0.2) is 5.69 Å². The number of fused-ring (bicyclic) bond motifs is 1. The number of anilines is 1. The summed E-state index contributed by atoms with van der Waals surface area (Å²) in [6.07, 6.45) is 0.234. The first-order valence-electron chi connectivity index (χ1n) is 10.0.